The molecule has 24 heavy (non-hydrogen) atoms. The molecule has 1 aliphatic carbocycles. The molecule has 1 heterocycles. The lowest BCUT2D eigenvalue weighted by Crippen LogP contribution is -2.35. The summed E-state index contributed by atoms with van der Waals surface area (Å²) in [5, 5.41) is 10.2. The van der Waals surface area contributed by atoms with Crippen LogP contribution in [-0.4, -0.2) is 27.6 Å². The van der Waals surface area contributed by atoms with E-state index in [0.717, 1.165) is 30.6 Å². The number of hydrogen-bond donors (Lipinski definition) is 2. The molecular weight excluding hydrogens is 304 g/mol. The second kappa shape index (κ2) is 9.45. The van der Waals surface area contributed by atoms with E-state index in [0.29, 0.717) is 12.6 Å². The zero-order valence-corrected chi connectivity index (χ0v) is 14.9. The van der Waals surface area contributed by atoms with Gasteiger partial charge in [-0.05, 0) is 26.7 Å². The Bertz CT molecular complexity index is 545. The van der Waals surface area contributed by atoms with Crippen molar-refractivity contribution >= 4 is 11.8 Å². The molecule has 134 valence electrons. The van der Waals surface area contributed by atoms with Gasteiger partial charge in [0.25, 0.3) is 0 Å². The quantitative estimate of drug-likeness (QED) is 0.752. The van der Waals surface area contributed by atoms with Gasteiger partial charge in [-0.2, -0.15) is 5.10 Å². The van der Waals surface area contributed by atoms with Crippen LogP contribution in [0.5, 0.6) is 0 Å². The third kappa shape index (κ3) is 5.65. The van der Waals surface area contributed by atoms with Crippen molar-refractivity contribution in [2.45, 2.75) is 84.3 Å². The topological polar surface area (TPSA) is 76.0 Å². The van der Waals surface area contributed by atoms with Crippen LogP contribution >= 0.6 is 0 Å². The minimum Gasteiger partial charge on any atom is -0.353 e. The summed E-state index contributed by atoms with van der Waals surface area (Å²) in [6, 6.07) is 0.297. The average molecular weight is 334 g/mol. The van der Waals surface area contributed by atoms with Crippen LogP contribution in [0.25, 0.3) is 0 Å². The molecule has 6 nitrogen and oxygen atoms in total. The Labute approximate surface area is 144 Å². The lowest BCUT2D eigenvalue weighted by molar-refractivity contribution is -0.126. The fraction of sp³-hybridized carbons (Fsp3) is 0.722. The molecule has 0 aromatic carbocycles. The number of hydrogen-bond acceptors (Lipinski definition) is 3. The van der Waals surface area contributed by atoms with E-state index < -0.39 is 0 Å². The molecule has 1 aliphatic rings. The lowest BCUT2D eigenvalue weighted by Gasteiger charge is -2.16. The number of nitrogens with one attached hydrogen (secondary N) is 2. The van der Waals surface area contributed by atoms with Crippen molar-refractivity contribution in [2.24, 2.45) is 0 Å². The fourth-order valence-electron chi connectivity index (χ4n) is 3.21. The van der Waals surface area contributed by atoms with Crippen molar-refractivity contribution in [3.8, 4) is 0 Å². The molecule has 1 saturated carbocycles. The molecule has 2 amide bonds. The zero-order valence-electron chi connectivity index (χ0n) is 14.9. The van der Waals surface area contributed by atoms with Gasteiger partial charge in [0, 0.05) is 43.2 Å². The van der Waals surface area contributed by atoms with Gasteiger partial charge < -0.3 is 10.6 Å². The summed E-state index contributed by atoms with van der Waals surface area (Å²) in [4.78, 5) is 23.9. The largest absolute Gasteiger partial charge is 0.353 e. The third-order valence-electron chi connectivity index (χ3n) is 4.78. The molecule has 0 atom stereocenters. The maximum Gasteiger partial charge on any atom is 0.220 e. The Morgan fingerprint density at radius 2 is 1.83 bits per heavy atom. The third-order valence-corrected chi connectivity index (χ3v) is 4.78. The SMILES string of the molecule is CCn1ncc(CNC(=O)CCC(=O)NC2CCCCCC2)c1C. The Morgan fingerprint density at radius 3 is 2.46 bits per heavy atom. The standard InChI is InChI=1S/C18H30N4O2/c1-3-22-14(2)15(13-20-22)12-19-17(23)10-11-18(24)21-16-8-6-4-5-7-9-16/h13,16H,3-12H2,1-2H3,(H,19,23)(H,21,24). The first-order valence-electron chi connectivity index (χ1n) is 9.17. The molecule has 0 saturated heterocycles. The monoisotopic (exact) mass is 334 g/mol. The Kier molecular flexibility index (Phi) is 7.28. The number of carbonyl (C=O) groups is 2. The first-order valence-corrected chi connectivity index (χ1v) is 9.17. The minimum absolute atomic E-state index is 0.00738. The van der Waals surface area contributed by atoms with Gasteiger partial charge in [0.1, 0.15) is 0 Å². The van der Waals surface area contributed by atoms with Crippen LogP contribution in [0, 0.1) is 6.92 Å². The van der Waals surface area contributed by atoms with Crippen molar-refractivity contribution in [1.82, 2.24) is 20.4 Å². The molecule has 0 aliphatic heterocycles. The average Bonchev–Trinajstić information content (AvgIpc) is 2.75. The second-order valence-electron chi connectivity index (χ2n) is 6.60. The zero-order chi connectivity index (χ0) is 17.4. The Morgan fingerprint density at radius 1 is 1.17 bits per heavy atom. The van der Waals surface area contributed by atoms with Crippen LogP contribution in [0.2, 0.25) is 0 Å². The van der Waals surface area contributed by atoms with Gasteiger partial charge in [0.15, 0.2) is 0 Å². The fourth-order valence-corrected chi connectivity index (χ4v) is 3.21. The highest BCUT2D eigenvalue weighted by molar-refractivity contribution is 5.83. The Balaban J connectivity index is 1.66. The minimum atomic E-state index is -0.0883. The van der Waals surface area contributed by atoms with Gasteiger partial charge in [-0.3, -0.25) is 14.3 Å². The molecule has 0 spiro atoms. The van der Waals surface area contributed by atoms with E-state index in [2.05, 4.69) is 15.7 Å². The van der Waals surface area contributed by atoms with Crippen molar-refractivity contribution in [1.29, 1.82) is 0 Å². The second-order valence-corrected chi connectivity index (χ2v) is 6.60. The van der Waals surface area contributed by atoms with Crippen LogP contribution < -0.4 is 10.6 Å². The highest BCUT2D eigenvalue weighted by Crippen LogP contribution is 2.17. The van der Waals surface area contributed by atoms with Gasteiger partial charge in [0.2, 0.25) is 11.8 Å². The maximum absolute atomic E-state index is 12.0. The number of nitrogens with zero attached hydrogens (tertiary/aromatic N) is 2. The van der Waals surface area contributed by atoms with Gasteiger partial charge in [-0.25, -0.2) is 0 Å². The van der Waals surface area contributed by atoms with Gasteiger partial charge >= 0.3 is 0 Å². The van der Waals surface area contributed by atoms with E-state index in [-0.39, 0.29) is 24.7 Å². The predicted molar refractivity (Wildman–Crippen MR) is 93.4 cm³/mol. The molecular formula is C18H30N4O2. The highest BCUT2D eigenvalue weighted by Gasteiger charge is 2.15. The number of amides is 2. The lowest BCUT2D eigenvalue weighted by atomic mass is 10.1. The summed E-state index contributed by atoms with van der Waals surface area (Å²) in [7, 11) is 0. The number of rotatable bonds is 7. The summed E-state index contributed by atoms with van der Waals surface area (Å²) in [6.45, 7) is 5.32. The van der Waals surface area contributed by atoms with E-state index in [9.17, 15) is 9.59 Å². The normalized spacial score (nSPS) is 15.8. The van der Waals surface area contributed by atoms with Crippen molar-refractivity contribution in [3.05, 3.63) is 17.5 Å². The summed E-state index contributed by atoms with van der Waals surface area (Å²) in [5.74, 6) is -0.0957. The summed E-state index contributed by atoms with van der Waals surface area (Å²) in [6.07, 6.45) is 9.34. The first kappa shape index (κ1) is 18.5. The van der Waals surface area contributed by atoms with Crippen molar-refractivity contribution in [3.63, 3.8) is 0 Å². The predicted octanol–water partition coefficient (Wildman–Crippen LogP) is 2.45. The summed E-state index contributed by atoms with van der Waals surface area (Å²) in [5.41, 5.74) is 2.09. The molecule has 2 rings (SSSR count). The van der Waals surface area contributed by atoms with Crippen LogP contribution in [-0.2, 0) is 22.7 Å². The highest BCUT2D eigenvalue weighted by atomic mass is 16.2. The Hall–Kier alpha value is -1.85. The van der Waals surface area contributed by atoms with Gasteiger partial charge in [-0.1, -0.05) is 25.7 Å². The van der Waals surface area contributed by atoms with E-state index in [1.807, 2.05) is 18.5 Å². The van der Waals surface area contributed by atoms with Crippen molar-refractivity contribution < 1.29 is 9.59 Å². The first-order chi connectivity index (χ1) is 11.6. The van der Waals surface area contributed by atoms with E-state index >= 15 is 0 Å². The number of carbonyl (C=O) groups excluding carboxylic acids is 2. The maximum atomic E-state index is 12.0. The van der Waals surface area contributed by atoms with Crippen molar-refractivity contribution in [2.75, 3.05) is 0 Å². The van der Waals surface area contributed by atoms with E-state index in [4.69, 9.17) is 0 Å². The molecule has 1 aromatic rings. The molecule has 0 radical (unpaired) electrons. The number of aromatic nitrogens is 2. The van der Waals surface area contributed by atoms with E-state index in [1.165, 1.54) is 25.7 Å². The molecule has 0 unspecified atom stereocenters. The van der Waals surface area contributed by atoms with Crippen LogP contribution in [0.1, 0.15) is 69.5 Å². The van der Waals surface area contributed by atoms with Gasteiger partial charge in [0.05, 0.1) is 6.20 Å². The molecule has 1 aromatic heterocycles. The smallest absolute Gasteiger partial charge is 0.220 e. The molecule has 2 N–H and O–H groups in total. The molecule has 6 heteroatoms. The molecule has 1 fully saturated rings. The number of aryl methyl sites for hydroxylation is 1. The summed E-state index contributed by atoms with van der Waals surface area (Å²) >= 11 is 0. The van der Waals surface area contributed by atoms with Crippen LogP contribution in [0.15, 0.2) is 6.20 Å². The summed E-state index contributed by atoms with van der Waals surface area (Å²) < 4.78 is 1.90. The molecule has 0 bridgehead atoms. The van der Waals surface area contributed by atoms with Gasteiger partial charge in [-0.15, -0.1) is 0 Å². The van der Waals surface area contributed by atoms with E-state index in [1.54, 1.807) is 6.20 Å². The van der Waals surface area contributed by atoms with Crippen LogP contribution in [0.4, 0.5) is 0 Å². The van der Waals surface area contributed by atoms with Crippen LogP contribution in [0.3, 0.4) is 0 Å².